The molecule has 0 atom stereocenters. The van der Waals surface area contributed by atoms with Gasteiger partial charge in [0.2, 0.25) is 5.82 Å². The Kier molecular flexibility index (Phi) is 2.12. The highest BCUT2D eigenvalue weighted by atomic mass is 16.6. The number of aromatic amines is 1. The molecule has 10 nitrogen and oxygen atoms in total. The quantitative estimate of drug-likeness (QED) is 0.522. The van der Waals surface area contributed by atoms with E-state index in [0.29, 0.717) is 4.52 Å². The number of hydrogen-bond donors (Lipinski definition) is 2. The van der Waals surface area contributed by atoms with Gasteiger partial charge >= 0.3 is 17.2 Å². The van der Waals surface area contributed by atoms with Crippen LogP contribution in [0.5, 0.6) is 0 Å². The molecule has 2 N–H and O–H groups in total. The van der Waals surface area contributed by atoms with E-state index >= 15 is 0 Å². The summed E-state index contributed by atoms with van der Waals surface area (Å²) in [6, 6.07) is 0. The number of aromatic carboxylic acids is 1. The van der Waals surface area contributed by atoms with E-state index in [1.54, 1.807) is 0 Å². The van der Waals surface area contributed by atoms with Crippen molar-refractivity contribution in [3.63, 3.8) is 0 Å². The van der Waals surface area contributed by atoms with E-state index in [1.165, 1.54) is 6.92 Å². The number of rotatable bonds is 2. The van der Waals surface area contributed by atoms with Gasteiger partial charge in [0, 0.05) is 0 Å². The first-order valence-electron chi connectivity index (χ1n) is 4.29. The first-order chi connectivity index (χ1) is 7.91. The number of fused-ring (bicyclic) bond motifs is 1. The van der Waals surface area contributed by atoms with Crippen molar-refractivity contribution in [1.82, 2.24) is 19.6 Å². The zero-order chi connectivity index (χ0) is 12.7. The minimum absolute atomic E-state index is 0.122. The fourth-order valence-electron chi connectivity index (χ4n) is 1.32. The zero-order valence-corrected chi connectivity index (χ0v) is 8.37. The molecule has 2 aromatic rings. The number of hydrogen-bond acceptors (Lipinski definition) is 6. The number of H-pyrrole nitrogens is 1. The summed E-state index contributed by atoms with van der Waals surface area (Å²) >= 11 is 0. The second kappa shape index (κ2) is 3.37. The van der Waals surface area contributed by atoms with Crippen LogP contribution in [0, 0.1) is 17.0 Å². The van der Waals surface area contributed by atoms with Gasteiger partial charge in [-0.15, -0.1) is 0 Å². The van der Waals surface area contributed by atoms with Crippen LogP contribution < -0.4 is 5.56 Å². The molecule has 2 heterocycles. The molecule has 17 heavy (non-hydrogen) atoms. The molecule has 0 aliphatic rings. The van der Waals surface area contributed by atoms with E-state index in [0.717, 1.165) is 0 Å². The monoisotopic (exact) mass is 239 g/mol. The normalized spacial score (nSPS) is 10.6. The Hall–Kier alpha value is -2.78. The number of carboxylic acids is 1. The van der Waals surface area contributed by atoms with E-state index < -0.39 is 28.0 Å². The van der Waals surface area contributed by atoms with E-state index in [-0.39, 0.29) is 11.5 Å². The smallest absolute Gasteiger partial charge is 0.373 e. The summed E-state index contributed by atoms with van der Waals surface area (Å²) in [5.41, 5.74) is -1.84. The average molecular weight is 239 g/mol. The molecule has 2 rings (SSSR count). The van der Waals surface area contributed by atoms with Gasteiger partial charge in [0.05, 0.1) is 4.92 Å². The third-order valence-corrected chi connectivity index (χ3v) is 2.03. The zero-order valence-electron chi connectivity index (χ0n) is 8.37. The van der Waals surface area contributed by atoms with Gasteiger partial charge < -0.3 is 5.11 Å². The maximum Gasteiger partial charge on any atom is 0.373 e. The Balaban J connectivity index is 2.88. The predicted molar refractivity (Wildman–Crippen MR) is 52.0 cm³/mol. The van der Waals surface area contributed by atoms with E-state index in [1.807, 2.05) is 0 Å². The van der Waals surface area contributed by atoms with Crippen LogP contribution in [0.1, 0.15) is 16.3 Å². The fourth-order valence-corrected chi connectivity index (χ4v) is 1.32. The number of nitrogens with zero attached hydrogens (tertiary/aromatic N) is 4. The van der Waals surface area contributed by atoms with Crippen LogP contribution in [-0.2, 0) is 0 Å². The van der Waals surface area contributed by atoms with Crippen LogP contribution in [0.15, 0.2) is 4.79 Å². The Bertz CT molecular complexity index is 698. The van der Waals surface area contributed by atoms with Crippen LogP contribution in [-0.4, -0.2) is 35.6 Å². The third kappa shape index (κ3) is 1.51. The minimum Gasteiger partial charge on any atom is -0.475 e. The minimum atomic E-state index is -1.39. The number of nitrogens with one attached hydrogen (secondary N) is 1. The van der Waals surface area contributed by atoms with Gasteiger partial charge in [-0.05, 0) is 6.92 Å². The highest BCUT2D eigenvalue weighted by molar-refractivity contribution is 5.83. The van der Waals surface area contributed by atoms with Crippen LogP contribution in [0.4, 0.5) is 5.69 Å². The van der Waals surface area contributed by atoms with Gasteiger partial charge in [0.25, 0.3) is 5.78 Å². The molecule has 0 radical (unpaired) electrons. The molecule has 0 unspecified atom stereocenters. The Labute approximate surface area is 91.7 Å². The van der Waals surface area contributed by atoms with Crippen LogP contribution in [0.25, 0.3) is 5.78 Å². The number of carboxylic acid groups (broad SMARTS) is 1. The maximum atomic E-state index is 11.6. The number of carbonyl (C=O) groups is 1. The van der Waals surface area contributed by atoms with Gasteiger partial charge in [-0.25, -0.2) is 9.78 Å². The highest BCUT2D eigenvalue weighted by Gasteiger charge is 2.23. The first kappa shape index (κ1) is 10.7. The summed E-state index contributed by atoms with van der Waals surface area (Å²) in [5, 5.41) is 21.4. The van der Waals surface area contributed by atoms with Gasteiger partial charge in [-0.1, -0.05) is 0 Å². The molecular weight excluding hydrogens is 234 g/mol. The molecule has 0 saturated carbocycles. The first-order valence-corrected chi connectivity index (χ1v) is 4.29. The van der Waals surface area contributed by atoms with Crippen LogP contribution in [0.3, 0.4) is 0 Å². The van der Waals surface area contributed by atoms with Crippen molar-refractivity contribution in [3.8, 4) is 0 Å². The summed E-state index contributed by atoms with van der Waals surface area (Å²) in [6.07, 6.45) is 0. The number of nitro groups is 1. The van der Waals surface area contributed by atoms with Gasteiger partial charge in [-0.2, -0.15) is 9.50 Å². The number of aryl methyl sites for hydroxylation is 1. The summed E-state index contributed by atoms with van der Waals surface area (Å²) in [6.45, 7) is 1.27. The average Bonchev–Trinajstić information content (AvgIpc) is 2.60. The summed E-state index contributed by atoms with van der Waals surface area (Å²) in [7, 11) is 0. The van der Waals surface area contributed by atoms with Crippen molar-refractivity contribution >= 4 is 17.4 Å². The summed E-state index contributed by atoms with van der Waals surface area (Å²) in [5.74, 6) is -2.14. The molecule has 0 amide bonds. The molecule has 10 heteroatoms. The standard InChI is InChI=1S/C7H5N5O5/c1-2-3(12(16)17)5(13)11-7(8-2)9-4(10-11)6(14)15/h1H3,(H,14,15)(H,8,9,10). The molecule has 88 valence electrons. The van der Waals surface area contributed by atoms with E-state index in [4.69, 9.17) is 5.11 Å². The Morgan fingerprint density at radius 3 is 2.71 bits per heavy atom. The highest BCUT2D eigenvalue weighted by Crippen LogP contribution is 2.09. The lowest BCUT2D eigenvalue weighted by atomic mass is 10.4. The van der Waals surface area contributed by atoms with Gasteiger partial charge in [-0.3, -0.25) is 20.0 Å². The molecular formula is C7H5N5O5. The molecule has 0 fully saturated rings. The third-order valence-electron chi connectivity index (χ3n) is 2.03. The SMILES string of the molecule is Cc1nc2nc(C(=O)O)[nH]n2c(=O)c1[N+](=O)[O-]. The van der Waals surface area contributed by atoms with Crippen LogP contribution >= 0.6 is 0 Å². The van der Waals surface area contributed by atoms with Crippen LogP contribution in [0.2, 0.25) is 0 Å². The fraction of sp³-hybridized carbons (Fsp3) is 0.143. The lowest BCUT2D eigenvalue weighted by Gasteiger charge is -1.95. The van der Waals surface area contributed by atoms with Gasteiger partial charge in [0.15, 0.2) is 0 Å². The molecule has 0 spiro atoms. The molecule has 0 aliphatic heterocycles. The summed E-state index contributed by atoms with van der Waals surface area (Å²) < 4.78 is 0.620. The molecule has 0 aromatic carbocycles. The predicted octanol–water partition coefficient (Wildman–Crippen LogP) is -0.668. The molecule has 0 bridgehead atoms. The van der Waals surface area contributed by atoms with Crippen molar-refractivity contribution in [2.24, 2.45) is 0 Å². The topological polar surface area (TPSA) is 143 Å². The number of aromatic nitrogens is 4. The van der Waals surface area contributed by atoms with Crippen molar-refractivity contribution in [3.05, 3.63) is 32.0 Å². The second-order valence-corrected chi connectivity index (χ2v) is 3.12. The van der Waals surface area contributed by atoms with Gasteiger partial charge in [0.1, 0.15) is 5.69 Å². The lowest BCUT2D eigenvalue weighted by molar-refractivity contribution is -0.387. The Morgan fingerprint density at radius 1 is 1.53 bits per heavy atom. The molecule has 0 aliphatic carbocycles. The van der Waals surface area contributed by atoms with E-state index in [9.17, 15) is 19.7 Å². The van der Waals surface area contributed by atoms with Crippen molar-refractivity contribution in [2.75, 3.05) is 0 Å². The largest absolute Gasteiger partial charge is 0.475 e. The molecule has 2 aromatic heterocycles. The van der Waals surface area contributed by atoms with E-state index in [2.05, 4.69) is 15.1 Å². The van der Waals surface area contributed by atoms with Crippen molar-refractivity contribution < 1.29 is 14.8 Å². The lowest BCUT2D eigenvalue weighted by Crippen LogP contribution is -2.20. The summed E-state index contributed by atoms with van der Waals surface area (Å²) in [4.78, 5) is 39.2. The second-order valence-electron chi connectivity index (χ2n) is 3.12. The maximum absolute atomic E-state index is 11.6. The Morgan fingerprint density at radius 2 is 2.18 bits per heavy atom. The van der Waals surface area contributed by atoms with Crippen molar-refractivity contribution in [2.45, 2.75) is 6.92 Å². The van der Waals surface area contributed by atoms with Crippen molar-refractivity contribution in [1.29, 1.82) is 0 Å². The molecule has 0 saturated heterocycles.